The van der Waals surface area contributed by atoms with Crippen molar-refractivity contribution in [1.29, 1.82) is 0 Å². The van der Waals surface area contributed by atoms with Gasteiger partial charge in [0.1, 0.15) is 0 Å². The lowest BCUT2D eigenvalue weighted by Crippen LogP contribution is -2.40. The molecule has 0 saturated heterocycles. The molecular weight excluding hydrogens is 349 g/mol. The van der Waals surface area contributed by atoms with Gasteiger partial charge in [0.15, 0.2) is 0 Å². The fraction of sp³-hybridized carbons (Fsp3) is 0.278. The van der Waals surface area contributed by atoms with Crippen molar-refractivity contribution in [2.24, 2.45) is 0 Å². The quantitative estimate of drug-likeness (QED) is 0.708. The molecule has 0 aromatic heterocycles. The minimum absolute atomic E-state index is 0.0134. The molecule has 2 rings (SSSR count). The van der Waals surface area contributed by atoms with Gasteiger partial charge in [-0.2, -0.15) is 0 Å². The third kappa shape index (κ3) is 5.76. The summed E-state index contributed by atoms with van der Waals surface area (Å²) in [7, 11) is 0. The SMILES string of the molecule is CC(C)(Sc1ccc(Cl)cc1)C(=O)NCCc1cccc(Cl)c1. The van der Waals surface area contributed by atoms with Crippen molar-refractivity contribution in [1.82, 2.24) is 5.32 Å². The first kappa shape index (κ1) is 18.2. The molecule has 23 heavy (non-hydrogen) atoms. The van der Waals surface area contributed by atoms with E-state index in [1.165, 1.54) is 11.8 Å². The van der Waals surface area contributed by atoms with Crippen LogP contribution in [0.5, 0.6) is 0 Å². The second kappa shape index (κ2) is 8.09. The fourth-order valence-corrected chi connectivity index (χ4v) is 3.43. The Bertz CT molecular complexity index is 671. The molecule has 0 atom stereocenters. The first-order valence-electron chi connectivity index (χ1n) is 7.34. The smallest absolute Gasteiger partial charge is 0.236 e. The summed E-state index contributed by atoms with van der Waals surface area (Å²) < 4.78 is -0.553. The van der Waals surface area contributed by atoms with Crippen molar-refractivity contribution in [2.75, 3.05) is 6.54 Å². The molecule has 0 bridgehead atoms. The van der Waals surface area contributed by atoms with E-state index >= 15 is 0 Å². The van der Waals surface area contributed by atoms with E-state index in [1.807, 2.05) is 62.4 Å². The van der Waals surface area contributed by atoms with Gasteiger partial charge in [-0.05, 0) is 62.2 Å². The first-order chi connectivity index (χ1) is 10.9. The zero-order valence-electron chi connectivity index (χ0n) is 13.1. The van der Waals surface area contributed by atoms with Crippen molar-refractivity contribution >= 4 is 40.9 Å². The number of carbonyl (C=O) groups excluding carboxylic acids is 1. The van der Waals surface area contributed by atoms with Crippen LogP contribution in [0.1, 0.15) is 19.4 Å². The van der Waals surface area contributed by atoms with Crippen LogP contribution in [0.2, 0.25) is 10.0 Å². The molecule has 1 amide bonds. The Morgan fingerprint density at radius 3 is 2.43 bits per heavy atom. The predicted octanol–water partition coefficient (Wildman–Crippen LogP) is 5.22. The highest BCUT2D eigenvalue weighted by Crippen LogP contribution is 2.33. The number of rotatable bonds is 6. The summed E-state index contributed by atoms with van der Waals surface area (Å²) in [5.74, 6) is 0.0134. The Hall–Kier alpha value is -1.16. The molecule has 0 spiro atoms. The third-order valence-electron chi connectivity index (χ3n) is 3.32. The maximum atomic E-state index is 12.4. The van der Waals surface area contributed by atoms with Crippen LogP contribution in [0.25, 0.3) is 0 Å². The van der Waals surface area contributed by atoms with Crippen molar-refractivity contribution in [2.45, 2.75) is 29.9 Å². The van der Waals surface area contributed by atoms with E-state index in [2.05, 4.69) is 5.32 Å². The second-order valence-corrected chi connectivity index (χ2v) is 8.27. The van der Waals surface area contributed by atoms with Gasteiger partial charge in [0.25, 0.3) is 0 Å². The highest BCUT2D eigenvalue weighted by Gasteiger charge is 2.28. The molecule has 0 aliphatic heterocycles. The highest BCUT2D eigenvalue weighted by atomic mass is 35.5. The standard InChI is InChI=1S/C18H19Cl2NOS/c1-18(2,23-16-8-6-14(19)7-9-16)17(22)21-11-10-13-4-3-5-15(20)12-13/h3-9,12H,10-11H2,1-2H3,(H,21,22). The summed E-state index contributed by atoms with van der Waals surface area (Å²) in [6, 6.07) is 15.2. The fourth-order valence-electron chi connectivity index (χ4n) is 2.07. The molecule has 0 fully saturated rings. The zero-order chi connectivity index (χ0) is 16.9. The Labute approximate surface area is 151 Å². The van der Waals surface area contributed by atoms with E-state index in [9.17, 15) is 4.79 Å². The largest absolute Gasteiger partial charge is 0.355 e. The molecule has 0 radical (unpaired) electrons. The van der Waals surface area contributed by atoms with E-state index in [-0.39, 0.29) is 5.91 Å². The number of hydrogen-bond donors (Lipinski definition) is 1. The van der Waals surface area contributed by atoms with Crippen LogP contribution in [0, 0.1) is 0 Å². The molecule has 0 saturated carbocycles. The summed E-state index contributed by atoms with van der Waals surface area (Å²) in [6.07, 6.45) is 0.758. The van der Waals surface area contributed by atoms with Gasteiger partial charge < -0.3 is 5.32 Å². The second-order valence-electron chi connectivity index (χ2n) is 5.70. The van der Waals surface area contributed by atoms with Gasteiger partial charge in [-0.3, -0.25) is 4.79 Å². The van der Waals surface area contributed by atoms with Crippen LogP contribution in [0.3, 0.4) is 0 Å². The summed E-state index contributed by atoms with van der Waals surface area (Å²) in [4.78, 5) is 13.4. The number of amides is 1. The Morgan fingerprint density at radius 2 is 1.78 bits per heavy atom. The zero-order valence-corrected chi connectivity index (χ0v) is 15.4. The molecule has 0 heterocycles. The van der Waals surface area contributed by atoms with Crippen LogP contribution >= 0.6 is 35.0 Å². The molecule has 0 aliphatic carbocycles. The van der Waals surface area contributed by atoms with Gasteiger partial charge in [-0.25, -0.2) is 0 Å². The minimum atomic E-state index is -0.553. The summed E-state index contributed by atoms with van der Waals surface area (Å²) in [5, 5.41) is 4.40. The highest BCUT2D eigenvalue weighted by molar-refractivity contribution is 8.01. The van der Waals surface area contributed by atoms with E-state index in [0.717, 1.165) is 16.9 Å². The molecule has 2 aromatic rings. The van der Waals surface area contributed by atoms with Gasteiger partial charge >= 0.3 is 0 Å². The molecule has 0 aliphatic rings. The molecule has 2 nitrogen and oxygen atoms in total. The number of thioether (sulfide) groups is 1. The molecule has 2 aromatic carbocycles. The Balaban J connectivity index is 1.87. The summed E-state index contributed by atoms with van der Waals surface area (Å²) >= 11 is 13.4. The van der Waals surface area contributed by atoms with Crippen LogP contribution in [0.15, 0.2) is 53.4 Å². The number of hydrogen-bond acceptors (Lipinski definition) is 2. The normalized spacial score (nSPS) is 11.3. The maximum Gasteiger partial charge on any atom is 0.236 e. The summed E-state index contributed by atoms with van der Waals surface area (Å²) in [5.41, 5.74) is 1.11. The molecule has 1 N–H and O–H groups in total. The van der Waals surface area contributed by atoms with Gasteiger partial charge in [-0.15, -0.1) is 11.8 Å². The van der Waals surface area contributed by atoms with Gasteiger partial charge in [-0.1, -0.05) is 35.3 Å². The molecule has 122 valence electrons. The van der Waals surface area contributed by atoms with Gasteiger partial charge in [0, 0.05) is 21.5 Å². The van der Waals surface area contributed by atoms with E-state index in [4.69, 9.17) is 23.2 Å². The Kier molecular flexibility index (Phi) is 6.40. The van der Waals surface area contributed by atoms with Gasteiger partial charge in [0.2, 0.25) is 5.91 Å². The summed E-state index contributed by atoms with van der Waals surface area (Å²) in [6.45, 7) is 4.42. The van der Waals surface area contributed by atoms with Crippen molar-refractivity contribution < 1.29 is 4.79 Å². The Morgan fingerprint density at radius 1 is 1.09 bits per heavy atom. The van der Waals surface area contributed by atoms with Crippen LogP contribution in [0.4, 0.5) is 0 Å². The minimum Gasteiger partial charge on any atom is -0.355 e. The van der Waals surface area contributed by atoms with Crippen LogP contribution in [-0.4, -0.2) is 17.2 Å². The topological polar surface area (TPSA) is 29.1 Å². The molecule has 5 heteroatoms. The van der Waals surface area contributed by atoms with Crippen molar-refractivity contribution in [3.8, 4) is 0 Å². The van der Waals surface area contributed by atoms with E-state index in [0.29, 0.717) is 16.6 Å². The lowest BCUT2D eigenvalue weighted by molar-refractivity contribution is -0.122. The monoisotopic (exact) mass is 367 g/mol. The third-order valence-corrected chi connectivity index (χ3v) is 5.01. The average molecular weight is 368 g/mol. The van der Waals surface area contributed by atoms with E-state index < -0.39 is 4.75 Å². The van der Waals surface area contributed by atoms with Crippen molar-refractivity contribution in [3.05, 3.63) is 64.1 Å². The van der Waals surface area contributed by atoms with Crippen LogP contribution < -0.4 is 5.32 Å². The number of carbonyl (C=O) groups is 1. The number of nitrogens with one attached hydrogen (secondary N) is 1. The van der Waals surface area contributed by atoms with Crippen LogP contribution in [-0.2, 0) is 11.2 Å². The first-order valence-corrected chi connectivity index (χ1v) is 8.91. The molecule has 0 unspecified atom stereocenters. The van der Waals surface area contributed by atoms with Crippen molar-refractivity contribution in [3.63, 3.8) is 0 Å². The number of halogens is 2. The van der Waals surface area contributed by atoms with E-state index in [1.54, 1.807) is 0 Å². The average Bonchev–Trinajstić information content (AvgIpc) is 2.49. The lowest BCUT2D eigenvalue weighted by Gasteiger charge is -2.23. The maximum absolute atomic E-state index is 12.4. The molecular formula is C18H19Cl2NOS. The predicted molar refractivity (Wildman–Crippen MR) is 99.6 cm³/mol. The van der Waals surface area contributed by atoms with Gasteiger partial charge in [0.05, 0.1) is 4.75 Å². The lowest BCUT2D eigenvalue weighted by atomic mass is 10.1. The number of benzene rings is 2.